The van der Waals surface area contributed by atoms with E-state index in [1.807, 2.05) is 30.3 Å². The average molecular weight is 367 g/mol. The number of benzene rings is 2. The monoisotopic (exact) mass is 367 g/mol. The Morgan fingerprint density at radius 2 is 2.00 bits per heavy atom. The summed E-state index contributed by atoms with van der Waals surface area (Å²) in [7, 11) is 0. The number of hydrogen-bond acceptors (Lipinski definition) is 6. The first-order valence-corrected chi connectivity index (χ1v) is 8.08. The van der Waals surface area contributed by atoms with Gasteiger partial charge in [-0.3, -0.25) is 19.7 Å². The van der Waals surface area contributed by atoms with Gasteiger partial charge in [-0.25, -0.2) is 5.43 Å². The third-order valence-corrected chi connectivity index (χ3v) is 4.27. The van der Waals surface area contributed by atoms with Gasteiger partial charge in [0.2, 0.25) is 5.91 Å². The number of nitro benzene ring substituents is 1. The topological polar surface area (TPSA) is 137 Å². The molecule has 1 aliphatic heterocycles. The maximum Gasteiger partial charge on any atom is 0.278 e. The van der Waals surface area contributed by atoms with E-state index in [-0.39, 0.29) is 17.2 Å². The Balaban J connectivity index is 1.75. The largest absolute Gasteiger partial charge is 0.872 e. The number of nitrogens with zero attached hydrogens (tertiary/aromatic N) is 2. The quantitative estimate of drug-likeness (QED) is 0.346. The minimum Gasteiger partial charge on any atom is -0.872 e. The summed E-state index contributed by atoms with van der Waals surface area (Å²) in [5, 5.41) is 28.7. The standard InChI is InChI=1S/C18H16N4O5/c23-13-6-7-15(22(26)27)12(8-13)9-20-21-18(25)16-14(10-19-17(16)24)11-4-2-1-3-5-11/h1-9,14,16,23H,10H2,(H,19,24)(H,21,25)/p-1/b20-9+/t14-,16+/m0/s1. The number of amides is 2. The van der Waals surface area contributed by atoms with Crippen molar-refractivity contribution < 1.29 is 19.6 Å². The summed E-state index contributed by atoms with van der Waals surface area (Å²) in [5.74, 6) is -2.77. The summed E-state index contributed by atoms with van der Waals surface area (Å²) in [5.41, 5.74) is 2.73. The normalized spacial score (nSPS) is 19.0. The molecule has 1 fully saturated rings. The van der Waals surface area contributed by atoms with Crippen LogP contribution < -0.4 is 15.8 Å². The second-order valence-electron chi connectivity index (χ2n) is 5.95. The highest BCUT2D eigenvalue weighted by atomic mass is 16.6. The third kappa shape index (κ3) is 3.92. The highest BCUT2D eigenvalue weighted by Crippen LogP contribution is 2.29. The molecule has 138 valence electrons. The molecule has 0 radical (unpaired) electrons. The van der Waals surface area contributed by atoms with Gasteiger partial charge in [-0.1, -0.05) is 42.5 Å². The van der Waals surface area contributed by atoms with Gasteiger partial charge in [0.1, 0.15) is 5.92 Å². The molecule has 1 aliphatic rings. The van der Waals surface area contributed by atoms with E-state index in [2.05, 4.69) is 15.8 Å². The van der Waals surface area contributed by atoms with E-state index in [1.54, 1.807) is 0 Å². The molecule has 27 heavy (non-hydrogen) atoms. The van der Waals surface area contributed by atoms with Crippen LogP contribution in [0, 0.1) is 16.0 Å². The molecule has 9 nitrogen and oxygen atoms in total. The van der Waals surface area contributed by atoms with E-state index in [4.69, 9.17) is 0 Å². The van der Waals surface area contributed by atoms with E-state index in [0.29, 0.717) is 6.54 Å². The Hall–Kier alpha value is -3.75. The Kier molecular flexibility index (Phi) is 5.11. The molecule has 0 unspecified atom stereocenters. The number of hydrogen-bond donors (Lipinski definition) is 2. The molecule has 1 saturated heterocycles. The van der Waals surface area contributed by atoms with Crippen molar-refractivity contribution in [2.75, 3.05) is 6.54 Å². The van der Waals surface area contributed by atoms with E-state index in [0.717, 1.165) is 30.0 Å². The maximum atomic E-state index is 12.4. The summed E-state index contributed by atoms with van der Waals surface area (Å²) >= 11 is 0. The van der Waals surface area contributed by atoms with Gasteiger partial charge in [0.05, 0.1) is 16.7 Å². The molecule has 2 atom stereocenters. The van der Waals surface area contributed by atoms with E-state index >= 15 is 0 Å². The fourth-order valence-electron chi connectivity index (χ4n) is 2.97. The van der Waals surface area contributed by atoms with Crippen LogP contribution >= 0.6 is 0 Å². The fraction of sp³-hybridized carbons (Fsp3) is 0.167. The molecule has 9 heteroatoms. The van der Waals surface area contributed by atoms with Crippen molar-refractivity contribution in [1.29, 1.82) is 0 Å². The molecule has 0 aliphatic carbocycles. The van der Waals surface area contributed by atoms with Gasteiger partial charge in [-0.05, 0) is 5.56 Å². The third-order valence-electron chi connectivity index (χ3n) is 4.27. The van der Waals surface area contributed by atoms with Crippen LogP contribution in [0.4, 0.5) is 5.69 Å². The summed E-state index contributed by atoms with van der Waals surface area (Å²) in [4.78, 5) is 34.8. The number of carbonyl (C=O) groups excluding carboxylic acids is 2. The smallest absolute Gasteiger partial charge is 0.278 e. The van der Waals surface area contributed by atoms with Crippen LogP contribution in [-0.4, -0.2) is 29.5 Å². The van der Waals surface area contributed by atoms with Crippen molar-refractivity contribution in [2.45, 2.75) is 5.92 Å². The van der Waals surface area contributed by atoms with Crippen molar-refractivity contribution in [1.82, 2.24) is 10.7 Å². The van der Waals surface area contributed by atoms with Gasteiger partial charge in [-0.15, -0.1) is 5.75 Å². The van der Waals surface area contributed by atoms with Crippen molar-refractivity contribution >= 4 is 23.7 Å². The zero-order valence-corrected chi connectivity index (χ0v) is 14.0. The predicted molar refractivity (Wildman–Crippen MR) is 94.0 cm³/mol. The van der Waals surface area contributed by atoms with E-state index in [1.165, 1.54) is 0 Å². The van der Waals surface area contributed by atoms with Gasteiger partial charge >= 0.3 is 0 Å². The number of carbonyl (C=O) groups is 2. The Morgan fingerprint density at radius 1 is 1.26 bits per heavy atom. The Bertz CT molecular complexity index is 913. The number of nitro groups is 1. The molecule has 0 bridgehead atoms. The lowest BCUT2D eigenvalue weighted by molar-refractivity contribution is -0.385. The lowest BCUT2D eigenvalue weighted by Gasteiger charge is -2.15. The maximum absolute atomic E-state index is 12.4. The van der Waals surface area contributed by atoms with Gasteiger partial charge in [0.15, 0.2) is 0 Å². The molecule has 0 spiro atoms. The highest BCUT2D eigenvalue weighted by Gasteiger charge is 2.40. The summed E-state index contributed by atoms with van der Waals surface area (Å²) < 4.78 is 0. The Morgan fingerprint density at radius 3 is 2.70 bits per heavy atom. The summed E-state index contributed by atoms with van der Waals surface area (Å²) in [6, 6.07) is 12.3. The van der Waals surface area contributed by atoms with Gasteiger partial charge in [-0.2, -0.15) is 5.10 Å². The van der Waals surface area contributed by atoms with Crippen LogP contribution in [0.5, 0.6) is 5.75 Å². The van der Waals surface area contributed by atoms with Crippen LogP contribution in [0.15, 0.2) is 53.6 Å². The molecule has 0 aromatic heterocycles. The molecule has 2 aromatic rings. The van der Waals surface area contributed by atoms with Crippen LogP contribution in [0.25, 0.3) is 0 Å². The van der Waals surface area contributed by atoms with Crippen LogP contribution in [-0.2, 0) is 9.59 Å². The van der Waals surface area contributed by atoms with Gasteiger partial charge < -0.3 is 10.4 Å². The van der Waals surface area contributed by atoms with Crippen LogP contribution in [0.1, 0.15) is 17.0 Å². The lowest BCUT2D eigenvalue weighted by Crippen LogP contribution is -2.34. The second-order valence-corrected chi connectivity index (χ2v) is 5.95. The van der Waals surface area contributed by atoms with Crippen molar-refractivity contribution in [3.05, 3.63) is 69.8 Å². The van der Waals surface area contributed by atoms with Gasteiger partial charge in [0, 0.05) is 18.5 Å². The molecular weight excluding hydrogens is 352 g/mol. The minimum atomic E-state index is -0.967. The average Bonchev–Trinajstić information content (AvgIpc) is 3.04. The first-order chi connectivity index (χ1) is 13.0. The Labute approximate surface area is 153 Å². The van der Waals surface area contributed by atoms with Crippen molar-refractivity contribution in [2.24, 2.45) is 11.0 Å². The van der Waals surface area contributed by atoms with Crippen molar-refractivity contribution in [3.8, 4) is 5.75 Å². The molecule has 2 aromatic carbocycles. The highest BCUT2D eigenvalue weighted by molar-refractivity contribution is 6.03. The summed E-state index contributed by atoms with van der Waals surface area (Å²) in [6.07, 6.45) is 1.02. The number of nitrogens with one attached hydrogen (secondary N) is 2. The molecule has 1 heterocycles. The lowest BCUT2D eigenvalue weighted by atomic mass is 9.88. The fourth-order valence-corrected chi connectivity index (χ4v) is 2.97. The second kappa shape index (κ2) is 7.65. The van der Waals surface area contributed by atoms with E-state index < -0.39 is 28.4 Å². The molecule has 3 rings (SSSR count). The molecule has 0 saturated carbocycles. The summed E-state index contributed by atoms with van der Waals surface area (Å²) in [6.45, 7) is 0.328. The van der Waals surface area contributed by atoms with Crippen LogP contribution in [0.3, 0.4) is 0 Å². The van der Waals surface area contributed by atoms with E-state index in [9.17, 15) is 24.8 Å². The number of hydrazone groups is 1. The zero-order valence-electron chi connectivity index (χ0n) is 14.0. The molecule has 2 N–H and O–H groups in total. The molecule has 2 amide bonds. The number of rotatable bonds is 5. The van der Waals surface area contributed by atoms with Crippen LogP contribution in [0.2, 0.25) is 0 Å². The van der Waals surface area contributed by atoms with Gasteiger partial charge in [0.25, 0.3) is 11.6 Å². The SMILES string of the molecule is O=C1NC[C@@H](c2ccccc2)[C@H]1C(=O)N/N=C/c1cc([O-])ccc1[N+](=O)[O-]. The first kappa shape index (κ1) is 18.1. The first-order valence-electron chi connectivity index (χ1n) is 8.08. The molecular formula is C18H15N4O5-. The zero-order chi connectivity index (χ0) is 19.4. The predicted octanol–water partition coefficient (Wildman–Crippen LogP) is 0.648. The minimum absolute atomic E-state index is 0.0386. The van der Waals surface area contributed by atoms with Crippen molar-refractivity contribution in [3.63, 3.8) is 0 Å².